The van der Waals surface area contributed by atoms with E-state index in [1.54, 1.807) is 13.8 Å². The first-order chi connectivity index (χ1) is 8.36. The van der Waals surface area contributed by atoms with Crippen LogP contribution in [0.4, 0.5) is 0 Å². The molecule has 100 valence electrons. The van der Waals surface area contributed by atoms with Crippen LogP contribution in [0.1, 0.15) is 29.6 Å². The molecule has 7 nitrogen and oxygen atoms in total. The Morgan fingerprint density at radius 3 is 2.72 bits per heavy atom. The molecule has 0 aromatic carbocycles. The van der Waals surface area contributed by atoms with Crippen molar-refractivity contribution in [1.29, 1.82) is 0 Å². The van der Waals surface area contributed by atoms with Gasteiger partial charge in [0, 0.05) is 13.2 Å². The zero-order valence-corrected chi connectivity index (χ0v) is 10.5. The number of amides is 1. The summed E-state index contributed by atoms with van der Waals surface area (Å²) >= 11 is 0. The van der Waals surface area contributed by atoms with Crippen LogP contribution in [0, 0.1) is 6.92 Å². The van der Waals surface area contributed by atoms with E-state index in [0.29, 0.717) is 5.76 Å². The fourth-order valence-corrected chi connectivity index (χ4v) is 1.60. The number of ether oxygens (including phenoxy) is 1. The molecule has 1 rings (SSSR count). The molecule has 1 unspecified atom stereocenters. The summed E-state index contributed by atoms with van der Waals surface area (Å²) in [5.74, 6) is -1.01. The number of carboxylic acid groups (broad SMARTS) is 1. The molecule has 1 amide bonds. The first-order valence-corrected chi connectivity index (χ1v) is 5.33. The van der Waals surface area contributed by atoms with Gasteiger partial charge in [0.2, 0.25) is 0 Å². The number of aryl methyl sites for hydroxylation is 1. The molecule has 1 aromatic rings. The Hall–Kier alpha value is -1.89. The third kappa shape index (κ3) is 3.85. The Labute approximate surface area is 104 Å². The molecule has 18 heavy (non-hydrogen) atoms. The molecule has 1 aromatic heterocycles. The molecule has 0 aliphatic heterocycles. The molecule has 0 bridgehead atoms. The maximum Gasteiger partial charge on any atom is 0.305 e. The van der Waals surface area contributed by atoms with Gasteiger partial charge in [0.25, 0.3) is 5.91 Å². The van der Waals surface area contributed by atoms with Crippen molar-refractivity contribution in [3.8, 4) is 0 Å². The van der Waals surface area contributed by atoms with Crippen LogP contribution < -0.4 is 5.32 Å². The number of carboxylic acids is 1. The summed E-state index contributed by atoms with van der Waals surface area (Å²) in [6, 6.07) is 1.48. The van der Waals surface area contributed by atoms with E-state index in [1.165, 1.54) is 13.2 Å². The van der Waals surface area contributed by atoms with Gasteiger partial charge in [-0.3, -0.25) is 9.59 Å². The highest BCUT2D eigenvalue weighted by atomic mass is 16.5. The van der Waals surface area contributed by atoms with Crippen molar-refractivity contribution in [3.05, 3.63) is 17.5 Å². The van der Waals surface area contributed by atoms with Crippen LogP contribution in [-0.2, 0) is 9.53 Å². The van der Waals surface area contributed by atoms with Gasteiger partial charge in [-0.25, -0.2) is 0 Å². The number of carbonyl (C=O) groups excluding carboxylic acids is 1. The number of nitrogens with zero attached hydrogens (tertiary/aromatic N) is 1. The zero-order valence-electron chi connectivity index (χ0n) is 10.5. The van der Waals surface area contributed by atoms with Gasteiger partial charge in [-0.15, -0.1) is 0 Å². The molecular formula is C11H16N2O5. The van der Waals surface area contributed by atoms with Crippen molar-refractivity contribution < 1.29 is 24.0 Å². The summed E-state index contributed by atoms with van der Waals surface area (Å²) in [4.78, 5) is 22.6. The molecule has 7 heteroatoms. The van der Waals surface area contributed by atoms with Crippen molar-refractivity contribution in [2.75, 3.05) is 13.7 Å². The highest BCUT2D eigenvalue weighted by Crippen LogP contribution is 2.12. The van der Waals surface area contributed by atoms with Crippen molar-refractivity contribution in [1.82, 2.24) is 10.5 Å². The topological polar surface area (TPSA) is 102 Å². The van der Waals surface area contributed by atoms with Gasteiger partial charge in [-0.05, 0) is 13.8 Å². The number of hydrogen-bond acceptors (Lipinski definition) is 5. The minimum absolute atomic E-state index is 0.0852. The van der Waals surface area contributed by atoms with E-state index in [9.17, 15) is 9.59 Å². The summed E-state index contributed by atoms with van der Waals surface area (Å²) < 4.78 is 9.71. The minimum Gasteiger partial charge on any atom is -0.481 e. The third-order valence-corrected chi connectivity index (χ3v) is 2.28. The van der Waals surface area contributed by atoms with Crippen LogP contribution in [0.25, 0.3) is 0 Å². The van der Waals surface area contributed by atoms with Crippen LogP contribution in [-0.4, -0.2) is 41.4 Å². The number of nitrogens with one attached hydrogen (secondary N) is 1. The highest BCUT2D eigenvalue weighted by molar-refractivity contribution is 5.93. The van der Waals surface area contributed by atoms with Gasteiger partial charge in [-0.2, -0.15) is 0 Å². The number of methoxy groups -OCH3 is 1. The predicted molar refractivity (Wildman–Crippen MR) is 61.2 cm³/mol. The standard InChI is InChI=1S/C11H16N2O5/c1-7-4-8(13-18-7)10(16)12-11(2,6-17-3)5-9(14)15/h4H,5-6H2,1-3H3,(H,12,16)(H,14,15). The SMILES string of the molecule is COCC(C)(CC(=O)O)NC(=O)c1cc(C)on1. The number of rotatable bonds is 6. The van der Waals surface area contributed by atoms with E-state index >= 15 is 0 Å². The second-order valence-electron chi connectivity index (χ2n) is 4.34. The van der Waals surface area contributed by atoms with Gasteiger partial charge in [0.15, 0.2) is 5.69 Å². The van der Waals surface area contributed by atoms with E-state index in [4.69, 9.17) is 14.4 Å². The average Bonchev–Trinajstić information content (AvgIpc) is 2.63. The number of carbonyl (C=O) groups is 2. The lowest BCUT2D eigenvalue weighted by Crippen LogP contribution is -2.50. The fraction of sp³-hybridized carbons (Fsp3) is 0.545. The van der Waals surface area contributed by atoms with Gasteiger partial charge in [0.05, 0.1) is 18.6 Å². The second-order valence-corrected chi connectivity index (χ2v) is 4.34. The Morgan fingerprint density at radius 2 is 2.28 bits per heavy atom. The lowest BCUT2D eigenvalue weighted by atomic mass is 9.98. The van der Waals surface area contributed by atoms with Crippen molar-refractivity contribution in [2.24, 2.45) is 0 Å². The monoisotopic (exact) mass is 256 g/mol. The third-order valence-electron chi connectivity index (χ3n) is 2.28. The Kier molecular flexibility index (Phi) is 4.43. The highest BCUT2D eigenvalue weighted by Gasteiger charge is 2.30. The molecular weight excluding hydrogens is 240 g/mol. The number of aromatic nitrogens is 1. The molecule has 1 heterocycles. The maximum absolute atomic E-state index is 11.8. The van der Waals surface area contributed by atoms with E-state index in [0.717, 1.165) is 0 Å². The molecule has 0 aliphatic rings. The summed E-state index contributed by atoms with van der Waals surface area (Å²) in [6.45, 7) is 3.34. The first kappa shape index (κ1) is 14.2. The van der Waals surface area contributed by atoms with Crippen molar-refractivity contribution in [2.45, 2.75) is 25.8 Å². The Balaban J connectivity index is 2.77. The first-order valence-electron chi connectivity index (χ1n) is 5.33. The lowest BCUT2D eigenvalue weighted by molar-refractivity contribution is -0.139. The normalized spacial score (nSPS) is 13.9. The Bertz CT molecular complexity index is 442. The number of aliphatic carboxylic acids is 1. The minimum atomic E-state index is -1.02. The zero-order chi connectivity index (χ0) is 13.8. The molecule has 0 saturated carbocycles. The van der Waals surface area contributed by atoms with Crippen molar-refractivity contribution in [3.63, 3.8) is 0 Å². The molecule has 0 aliphatic carbocycles. The van der Waals surface area contributed by atoms with Crippen LogP contribution in [0.2, 0.25) is 0 Å². The van der Waals surface area contributed by atoms with E-state index < -0.39 is 17.4 Å². The lowest BCUT2D eigenvalue weighted by Gasteiger charge is -2.27. The molecule has 1 atom stereocenters. The summed E-state index contributed by atoms with van der Waals surface area (Å²) in [6.07, 6.45) is -0.247. The van der Waals surface area contributed by atoms with E-state index in [-0.39, 0.29) is 18.7 Å². The predicted octanol–water partition coefficient (Wildman–Crippen LogP) is 0.593. The maximum atomic E-state index is 11.8. The van der Waals surface area contributed by atoms with Crippen LogP contribution in [0.3, 0.4) is 0 Å². The molecule has 0 saturated heterocycles. The Morgan fingerprint density at radius 1 is 1.61 bits per heavy atom. The molecule has 0 radical (unpaired) electrons. The molecule has 0 fully saturated rings. The summed E-state index contributed by atoms with van der Waals surface area (Å²) in [5, 5.41) is 15.0. The second kappa shape index (κ2) is 5.63. The van der Waals surface area contributed by atoms with E-state index in [2.05, 4.69) is 10.5 Å². The van der Waals surface area contributed by atoms with E-state index in [1.807, 2.05) is 0 Å². The van der Waals surface area contributed by atoms with Gasteiger partial charge >= 0.3 is 5.97 Å². The quantitative estimate of drug-likeness (QED) is 0.772. The van der Waals surface area contributed by atoms with Crippen LogP contribution in [0.5, 0.6) is 0 Å². The van der Waals surface area contributed by atoms with Gasteiger partial charge in [-0.1, -0.05) is 5.16 Å². The smallest absolute Gasteiger partial charge is 0.305 e. The average molecular weight is 256 g/mol. The molecule has 0 spiro atoms. The van der Waals surface area contributed by atoms with Crippen LogP contribution >= 0.6 is 0 Å². The fourth-order valence-electron chi connectivity index (χ4n) is 1.60. The van der Waals surface area contributed by atoms with Gasteiger partial charge < -0.3 is 19.7 Å². The molecule has 2 N–H and O–H groups in total. The van der Waals surface area contributed by atoms with Crippen LogP contribution in [0.15, 0.2) is 10.6 Å². The van der Waals surface area contributed by atoms with Gasteiger partial charge in [0.1, 0.15) is 5.76 Å². The van der Waals surface area contributed by atoms with Crippen molar-refractivity contribution >= 4 is 11.9 Å². The largest absolute Gasteiger partial charge is 0.481 e. The summed E-state index contributed by atoms with van der Waals surface area (Å²) in [5.41, 5.74) is -0.884. The summed E-state index contributed by atoms with van der Waals surface area (Å²) in [7, 11) is 1.44. The number of hydrogen-bond donors (Lipinski definition) is 2.